The first-order valence-corrected chi connectivity index (χ1v) is 8.08. The topological polar surface area (TPSA) is 70.2 Å². The van der Waals surface area contributed by atoms with Crippen LogP contribution < -0.4 is 16.0 Å². The lowest BCUT2D eigenvalue weighted by Gasteiger charge is -2.22. The van der Waals surface area contributed by atoms with Gasteiger partial charge in [0.2, 0.25) is 5.91 Å². The van der Waals surface area contributed by atoms with E-state index in [4.69, 9.17) is 0 Å². The number of carbonyl (C=O) groups is 2. The van der Waals surface area contributed by atoms with Gasteiger partial charge in [-0.2, -0.15) is 0 Å². The van der Waals surface area contributed by atoms with Gasteiger partial charge in [0.1, 0.15) is 0 Å². The van der Waals surface area contributed by atoms with E-state index in [1.807, 2.05) is 13.0 Å². The Kier molecular flexibility index (Phi) is 8.66. The molecule has 1 fully saturated rings. The molecule has 6 heteroatoms. The summed E-state index contributed by atoms with van der Waals surface area (Å²) in [6.45, 7) is 4.54. The minimum Gasteiger partial charge on any atom is -0.352 e. The molecule has 1 aliphatic heterocycles. The minimum absolute atomic E-state index is 0. The van der Waals surface area contributed by atoms with E-state index in [-0.39, 0.29) is 24.2 Å². The minimum atomic E-state index is -0.156. The fourth-order valence-electron chi connectivity index (χ4n) is 2.76. The molecule has 0 unspecified atom stereocenters. The number of piperidine rings is 1. The third kappa shape index (κ3) is 6.20. The SMILES string of the molecule is CCNC(=O)c1ccccc1NC(=O)CCC1CCNCC1.Cl. The number of amides is 2. The molecule has 0 spiro atoms. The molecule has 3 N–H and O–H groups in total. The van der Waals surface area contributed by atoms with E-state index >= 15 is 0 Å². The molecule has 1 heterocycles. The highest BCUT2D eigenvalue weighted by molar-refractivity contribution is 6.03. The van der Waals surface area contributed by atoms with Crippen molar-refractivity contribution in [2.24, 2.45) is 5.92 Å². The van der Waals surface area contributed by atoms with Crippen molar-refractivity contribution in [3.8, 4) is 0 Å². The van der Waals surface area contributed by atoms with Gasteiger partial charge in [-0.25, -0.2) is 0 Å². The number of anilines is 1. The average Bonchev–Trinajstić information content (AvgIpc) is 2.54. The fraction of sp³-hybridized carbons (Fsp3) is 0.529. The summed E-state index contributed by atoms with van der Waals surface area (Å²) in [5.41, 5.74) is 1.10. The second-order valence-corrected chi connectivity index (χ2v) is 5.69. The first-order chi connectivity index (χ1) is 10.7. The molecule has 0 bridgehead atoms. The molecule has 1 aliphatic rings. The predicted octanol–water partition coefficient (Wildman–Crippen LogP) is 2.58. The number of nitrogens with one attached hydrogen (secondary N) is 3. The van der Waals surface area contributed by atoms with Gasteiger partial charge in [-0.05, 0) is 57.3 Å². The molecule has 0 atom stereocenters. The summed E-state index contributed by atoms with van der Waals surface area (Å²) >= 11 is 0. The molecule has 1 aromatic carbocycles. The number of halogens is 1. The van der Waals surface area contributed by atoms with Crippen LogP contribution in [0.2, 0.25) is 0 Å². The Labute approximate surface area is 144 Å². The summed E-state index contributed by atoms with van der Waals surface area (Å²) in [5, 5.41) is 8.97. The third-order valence-corrected chi connectivity index (χ3v) is 4.02. The van der Waals surface area contributed by atoms with Crippen molar-refractivity contribution < 1.29 is 9.59 Å². The largest absolute Gasteiger partial charge is 0.352 e. The lowest BCUT2D eigenvalue weighted by molar-refractivity contribution is -0.116. The molecule has 2 rings (SSSR count). The highest BCUT2D eigenvalue weighted by Crippen LogP contribution is 2.19. The maximum atomic E-state index is 12.1. The van der Waals surface area contributed by atoms with Crippen LogP contribution in [0.3, 0.4) is 0 Å². The summed E-state index contributed by atoms with van der Waals surface area (Å²) in [6.07, 6.45) is 3.71. The van der Waals surface area contributed by atoms with Gasteiger partial charge in [0.05, 0.1) is 11.3 Å². The monoisotopic (exact) mass is 339 g/mol. The van der Waals surface area contributed by atoms with Gasteiger partial charge in [-0.15, -0.1) is 12.4 Å². The van der Waals surface area contributed by atoms with Gasteiger partial charge < -0.3 is 16.0 Å². The lowest BCUT2D eigenvalue weighted by atomic mass is 9.93. The number of hydrogen-bond acceptors (Lipinski definition) is 3. The van der Waals surface area contributed by atoms with E-state index in [2.05, 4.69) is 16.0 Å². The van der Waals surface area contributed by atoms with E-state index < -0.39 is 0 Å². The normalized spacial score (nSPS) is 14.7. The Morgan fingerprint density at radius 3 is 2.61 bits per heavy atom. The summed E-state index contributed by atoms with van der Waals surface area (Å²) in [7, 11) is 0. The first-order valence-electron chi connectivity index (χ1n) is 8.08. The number of carbonyl (C=O) groups excluding carboxylic acids is 2. The van der Waals surface area contributed by atoms with E-state index in [0.29, 0.717) is 30.1 Å². The van der Waals surface area contributed by atoms with Crippen LogP contribution in [-0.4, -0.2) is 31.4 Å². The van der Waals surface area contributed by atoms with E-state index in [1.54, 1.807) is 18.2 Å². The Morgan fingerprint density at radius 2 is 1.91 bits per heavy atom. The second-order valence-electron chi connectivity index (χ2n) is 5.69. The number of benzene rings is 1. The molecule has 0 aromatic heterocycles. The Hall–Kier alpha value is -1.59. The molecule has 128 valence electrons. The van der Waals surface area contributed by atoms with Crippen molar-refractivity contribution in [1.82, 2.24) is 10.6 Å². The average molecular weight is 340 g/mol. The Bertz CT molecular complexity index is 516. The quantitative estimate of drug-likeness (QED) is 0.746. The zero-order valence-corrected chi connectivity index (χ0v) is 14.4. The standard InChI is InChI=1S/C17H25N3O2.ClH/c1-2-19-17(22)14-5-3-4-6-15(14)20-16(21)8-7-13-9-11-18-12-10-13;/h3-6,13,18H,2,7-12H2,1H3,(H,19,22)(H,20,21);1H. The number of para-hydroxylation sites is 1. The highest BCUT2D eigenvalue weighted by atomic mass is 35.5. The van der Waals surface area contributed by atoms with Crippen LogP contribution >= 0.6 is 12.4 Å². The lowest BCUT2D eigenvalue weighted by Crippen LogP contribution is -2.28. The Balaban J connectivity index is 0.00000264. The van der Waals surface area contributed by atoms with Gasteiger partial charge in [0.15, 0.2) is 0 Å². The van der Waals surface area contributed by atoms with Crippen LogP contribution in [0.1, 0.15) is 43.0 Å². The predicted molar refractivity (Wildman–Crippen MR) is 95.2 cm³/mol. The maximum absolute atomic E-state index is 12.1. The van der Waals surface area contributed by atoms with Crippen molar-refractivity contribution in [2.75, 3.05) is 25.0 Å². The van der Waals surface area contributed by atoms with Crippen molar-refractivity contribution in [3.63, 3.8) is 0 Å². The van der Waals surface area contributed by atoms with Gasteiger partial charge in [-0.3, -0.25) is 9.59 Å². The molecule has 5 nitrogen and oxygen atoms in total. The van der Waals surface area contributed by atoms with E-state index in [0.717, 1.165) is 32.4 Å². The first kappa shape index (κ1) is 19.5. The fourth-order valence-corrected chi connectivity index (χ4v) is 2.76. The summed E-state index contributed by atoms with van der Waals surface area (Å²) < 4.78 is 0. The van der Waals surface area contributed by atoms with Gasteiger partial charge >= 0.3 is 0 Å². The van der Waals surface area contributed by atoms with Crippen molar-refractivity contribution in [1.29, 1.82) is 0 Å². The highest BCUT2D eigenvalue weighted by Gasteiger charge is 2.16. The smallest absolute Gasteiger partial charge is 0.253 e. The molecular weight excluding hydrogens is 314 g/mol. The van der Waals surface area contributed by atoms with Gasteiger partial charge in [0.25, 0.3) is 5.91 Å². The molecule has 1 saturated heterocycles. The summed E-state index contributed by atoms with van der Waals surface area (Å²) in [4.78, 5) is 24.1. The third-order valence-electron chi connectivity index (χ3n) is 4.02. The zero-order chi connectivity index (χ0) is 15.8. The maximum Gasteiger partial charge on any atom is 0.253 e. The van der Waals surface area contributed by atoms with Crippen LogP contribution in [0.4, 0.5) is 5.69 Å². The molecular formula is C17H26ClN3O2. The van der Waals surface area contributed by atoms with Crippen LogP contribution in [0.5, 0.6) is 0 Å². The van der Waals surface area contributed by atoms with Crippen LogP contribution in [-0.2, 0) is 4.79 Å². The van der Waals surface area contributed by atoms with Crippen LogP contribution in [0.15, 0.2) is 24.3 Å². The molecule has 0 radical (unpaired) electrons. The van der Waals surface area contributed by atoms with E-state index in [9.17, 15) is 9.59 Å². The van der Waals surface area contributed by atoms with Gasteiger partial charge in [0, 0.05) is 13.0 Å². The number of hydrogen-bond donors (Lipinski definition) is 3. The van der Waals surface area contributed by atoms with Crippen LogP contribution in [0.25, 0.3) is 0 Å². The summed E-state index contributed by atoms with van der Waals surface area (Å²) in [5.74, 6) is 0.456. The van der Waals surface area contributed by atoms with Crippen molar-refractivity contribution in [3.05, 3.63) is 29.8 Å². The molecule has 0 aliphatic carbocycles. The molecule has 2 amide bonds. The molecule has 0 saturated carbocycles. The van der Waals surface area contributed by atoms with Crippen molar-refractivity contribution in [2.45, 2.75) is 32.6 Å². The molecule has 1 aromatic rings. The summed E-state index contributed by atoms with van der Waals surface area (Å²) in [6, 6.07) is 7.13. The number of rotatable bonds is 6. The zero-order valence-electron chi connectivity index (χ0n) is 13.6. The van der Waals surface area contributed by atoms with Gasteiger partial charge in [-0.1, -0.05) is 12.1 Å². The Morgan fingerprint density at radius 1 is 1.22 bits per heavy atom. The molecule has 23 heavy (non-hydrogen) atoms. The van der Waals surface area contributed by atoms with Crippen LogP contribution in [0, 0.1) is 5.92 Å². The second kappa shape index (κ2) is 10.2. The van der Waals surface area contributed by atoms with E-state index in [1.165, 1.54) is 0 Å². The van der Waals surface area contributed by atoms with Crippen molar-refractivity contribution >= 4 is 29.9 Å².